The Morgan fingerprint density at radius 2 is 2.18 bits per heavy atom. The molecule has 0 radical (unpaired) electrons. The van der Waals surface area contributed by atoms with Gasteiger partial charge in [0.05, 0.1) is 0 Å². The number of H-pyrrole nitrogens is 1. The Bertz CT molecular complexity index is 403. The molecule has 0 saturated heterocycles. The summed E-state index contributed by atoms with van der Waals surface area (Å²) in [7, 11) is 0. The molecule has 0 bridgehead atoms. The monoisotopic (exact) mass is 146 g/mol. The van der Waals surface area contributed by atoms with Crippen molar-refractivity contribution in [3.05, 3.63) is 35.5 Å². The lowest BCUT2D eigenvalue weighted by atomic mass is 10.2. The Balaban J connectivity index is 2.78. The molecule has 56 valence electrons. The molecule has 0 aliphatic heterocycles. The molecule has 1 aromatic heterocycles. The van der Waals surface area contributed by atoms with Gasteiger partial charge in [-0.25, -0.2) is 0 Å². The van der Waals surface area contributed by atoms with Crippen LogP contribution in [0.4, 0.5) is 0 Å². The number of aryl methyl sites for hydroxylation is 2. The first kappa shape index (κ1) is 5.42. The van der Waals surface area contributed by atoms with E-state index in [0.29, 0.717) is 6.90 Å². The van der Waals surface area contributed by atoms with E-state index in [4.69, 9.17) is 1.37 Å². The Morgan fingerprint density at radius 1 is 1.36 bits per heavy atom. The second kappa shape index (κ2) is 2.12. The third-order valence-electron chi connectivity index (χ3n) is 2.07. The van der Waals surface area contributed by atoms with E-state index in [1.807, 2.05) is 18.2 Å². The Labute approximate surface area is 67.5 Å². The molecule has 2 aromatic rings. The molecule has 0 spiro atoms. The molecule has 0 saturated carbocycles. The highest BCUT2D eigenvalue weighted by atomic mass is 14.7. The van der Waals surface area contributed by atoms with Crippen LogP contribution in [0.2, 0.25) is 0 Å². The second-order valence-electron chi connectivity index (χ2n) is 2.77. The smallest absolute Gasteiger partial charge is 0.0458 e. The zero-order valence-corrected chi connectivity index (χ0v) is 6.52. The van der Waals surface area contributed by atoms with Crippen LogP contribution in [0.25, 0.3) is 10.9 Å². The average Bonchev–Trinajstić information content (AvgIpc) is 2.44. The van der Waals surface area contributed by atoms with Crippen LogP contribution in [0.5, 0.6) is 0 Å². The summed E-state index contributed by atoms with van der Waals surface area (Å²) >= 11 is 0. The highest BCUT2D eigenvalue weighted by molar-refractivity contribution is 5.84. The predicted octanol–water partition coefficient (Wildman–Crippen LogP) is 2.78. The number of hydrogen-bond donors (Lipinski definition) is 1. The number of fused-ring (bicyclic) bond motifs is 1. The molecule has 0 unspecified atom stereocenters. The summed E-state index contributed by atoms with van der Waals surface area (Å²) < 4.78 is 7.29. The van der Waals surface area contributed by atoms with E-state index in [-0.39, 0.29) is 0 Å². The maximum Gasteiger partial charge on any atom is 0.0458 e. The number of aromatic nitrogens is 1. The molecule has 0 fully saturated rings. The normalized spacial score (nSPS) is 11.9. The Hall–Kier alpha value is -1.24. The van der Waals surface area contributed by atoms with Crippen molar-refractivity contribution in [3.8, 4) is 0 Å². The largest absolute Gasteiger partial charge is 0.358 e. The molecular weight excluding hydrogens is 134 g/mol. The standard InChI is InChI=1S/C10H11N/c1-7-8(2)11-10-6-4-3-5-9(7)10/h3-6,11H,1-2H3/i2D. The fraction of sp³-hybridized carbons (Fsp3) is 0.200. The predicted molar refractivity (Wildman–Crippen MR) is 47.8 cm³/mol. The van der Waals surface area contributed by atoms with Crippen molar-refractivity contribution in [2.45, 2.75) is 13.8 Å². The molecule has 1 N–H and O–H groups in total. The summed E-state index contributed by atoms with van der Waals surface area (Å²) in [6.45, 7) is 2.39. The van der Waals surface area contributed by atoms with Crippen molar-refractivity contribution in [1.29, 1.82) is 0 Å². The summed E-state index contributed by atoms with van der Waals surface area (Å²) in [6, 6.07) is 8.16. The Morgan fingerprint density at radius 3 is 2.91 bits per heavy atom. The van der Waals surface area contributed by atoms with Gasteiger partial charge in [0, 0.05) is 18.0 Å². The highest BCUT2D eigenvalue weighted by Gasteiger charge is 2.00. The molecule has 2 rings (SSSR count). The van der Waals surface area contributed by atoms with Crippen molar-refractivity contribution >= 4 is 10.9 Å². The van der Waals surface area contributed by atoms with E-state index >= 15 is 0 Å². The van der Waals surface area contributed by atoms with Crippen LogP contribution < -0.4 is 0 Å². The van der Waals surface area contributed by atoms with Crippen LogP contribution in [-0.2, 0) is 0 Å². The first-order valence-corrected chi connectivity index (χ1v) is 3.68. The fourth-order valence-corrected chi connectivity index (χ4v) is 1.34. The number of nitrogens with one attached hydrogen (secondary N) is 1. The maximum absolute atomic E-state index is 7.29. The molecule has 1 heterocycles. The Kier molecular flexibility index (Phi) is 1.05. The van der Waals surface area contributed by atoms with E-state index in [0.717, 1.165) is 11.2 Å². The van der Waals surface area contributed by atoms with Crippen LogP contribution in [0.15, 0.2) is 24.3 Å². The molecular formula is C10H11N. The maximum atomic E-state index is 7.29. The van der Waals surface area contributed by atoms with Crippen LogP contribution in [-0.4, -0.2) is 4.98 Å². The van der Waals surface area contributed by atoms with Crippen LogP contribution in [0.3, 0.4) is 0 Å². The molecule has 11 heavy (non-hydrogen) atoms. The van der Waals surface area contributed by atoms with E-state index in [9.17, 15) is 0 Å². The van der Waals surface area contributed by atoms with Crippen molar-refractivity contribution in [2.24, 2.45) is 0 Å². The van der Waals surface area contributed by atoms with E-state index in [1.54, 1.807) is 0 Å². The van der Waals surface area contributed by atoms with E-state index in [1.165, 1.54) is 10.9 Å². The molecule has 0 atom stereocenters. The minimum absolute atomic E-state index is 0.334. The van der Waals surface area contributed by atoms with Gasteiger partial charge in [-0.2, -0.15) is 0 Å². The third-order valence-corrected chi connectivity index (χ3v) is 2.07. The zero-order valence-electron chi connectivity index (χ0n) is 7.52. The lowest BCUT2D eigenvalue weighted by molar-refractivity contribution is 1.25. The summed E-state index contributed by atoms with van der Waals surface area (Å²) in [5, 5.41) is 1.24. The lowest BCUT2D eigenvalue weighted by Gasteiger charge is -1.87. The third kappa shape index (κ3) is 0.845. The molecule has 0 amide bonds. The summed E-state index contributed by atoms with van der Waals surface area (Å²) in [5.41, 5.74) is 3.37. The molecule has 1 aromatic carbocycles. The van der Waals surface area contributed by atoms with Gasteiger partial charge < -0.3 is 4.98 Å². The lowest BCUT2D eigenvalue weighted by Crippen LogP contribution is -1.70. The van der Waals surface area contributed by atoms with Crippen molar-refractivity contribution < 1.29 is 1.37 Å². The number of para-hydroxylation sites is 1. The van der Waals surface area contributed by atoms with Gasteiger partial charge in [-0.1, -0.05) is 18.2 Å². The summed E-state index contributed by atoms with van der Waals surface area (Å²) in [6.07, 6.45) is 0. The second-order valence-corrected chi connectivity index (χ2v) is 2.77. The SMILES string of the molecule is [2H]Cc1[nH]c2ccccc2c1C. The topological polar surface area (TPSA) is 15.8 Å². The number of aromatic amines is 1. The minimum atomic E-state index is 0.334. The number of rotatable bonds is 0. The highest BCUT2D eigenvalue weighted by Crippen LogP contribution is 2.19. The van der Waals surface area contributed by atoms with Crippen LogP contribution >= 0.6 is 0 Å². The average molecular weight is 146 g/mol. The van der Waals surface area contributed by atoms with E-state index in [2.05, 4.69) is 18.0 Å². The van der Waals surface area contributed by atoms with Crippen molar-refractivity contribution in [3.63, 3.8) is 0 Å². The van der Waals surface area contributed by atoms with Gasteiger partial charge in [-0.3, -0.25) is 0 Å². The van der Waals surface area contributed by atoms with E-state index < -0.39 is 0 Å². The van der Waals surface area contributed by atoms with Gasteiger partial charge in [-0.15, -0.1) is 0 Å². The molecule has 1 nitrogen and oxygen atoms in total. The first-order chi connectivity index (χ1) is 5.83. The zero-order chi connectivity index (χ0) is 8.55. The van der Waals surface area contributed by atoms with Gasteiger partial charge in [0.2, 0.25) is 0 Å². The quantitative estimate of drug-likeness (QED) is 0.588. The summed E-state index contributed by atoms with van der Waals surface area (Å²) in [5.74, 6) is 0. The van der Waals surface area contributed by atoms with Crippen molar-refractivity contribution in [2.75, 3.05) is 0 Å². The summed E-state index contributed by atoms with van der Waals surface area (Å²) in [4.78, 5) is 3.23. The van der Waals surface area contributed by atoms with Gasteiger partial charge in [-0.05, 0) is 25.5 Å². The molecule has 0 aliphatic rings. The van der Waals surface area contributed by atoms with Crippen molar-refractivity contribution in [1.82, 2.24) is 4.98 Å². The molecule has 0 aliphatic carbocycles. The fourth-order valence-electron chi connectivity index (χ4n) is 1.34. The van der Waals surface area contributed by atoms with Crippen LogP contribution in [0, 0.1) is 13.8 Å². The minimum Gasteiger partial charge on any atom is -0.358 e. The van der Waals surface area contributed by atoms with Gasteiger partial charge >= 0.3 is 0 Å². The molecule has 1 heteroatoms. The number of hydrogen-bond acceptors (Lipinski definition) is 0. The van der Waals surface area contributed by atoms with Gasteiger partial charge in [0.1, 0.15) is 0 Å². The van der Waals surface area contributed by atoms with Gasteiger partial charge in [0.25, 0.3) is 0 Å². The number of benzene rings is 1. The first-order valence-electron chi connectivity index (χ1n) is 4.39. The van der Waals surface area contributed by atoms with Gasteiger partial charge in [0.15, 0.2) is 0 Å². The van der Waals surface area contributed by atoms with Crippen LogP contribution in [0.1, 0.15) is 12.6 Å².